The minimum Gasteiger partial charge on any atom is -0.370 e. The van der Waals surface area contributed by atoms with Gasteiger partial charge in [0.05, 0.1) is 0 Å². The fourth-order valence-corrected chi connectivity index (χ4v) is 4.00. The normalized spacial score (nSPS) is 19.8. The highest BCUT2D eigenvalue weighted by Gasteiger charge is 2.22. The van der Waals surface area contributed by atoms with Crippen molar-refractivity contribution < 1.29 is 8.78 Å². The molecular weight excluding hydrogens is 334 g/mol. The molecule has 1 saturated heterocycles. The van der Waals surface area contributed by atoms with E-state index in [1.165, 1.54) is 12.0 Å². The molecule has 1 aromatic heterocycles. The first-order chi connectivity index (χ1) is 12.7. The van der Waals surface area contributed by atoms with Crippen LogP contribution in [0, 0.1) is 0 Å². The van der Waals surface area contributed by atoms with E-state index < -0.39 is 6.43 Å². The summed E-state index contributed by atoms with van der Waals surface area (Å²) >= 11 is 0. The largest absolute Gasteiger partial charge is 0.370 e. The zero-order valence-corrected chi connectivity index (χ0v) is 15.7. The van der Waals surface area contributed by atoms with Crippen molar-refractivity contribution in [1.82, 2.24) is 15.2 Å². The monoisotopic (exact) mass is 366 g/mol. The van der Waals surface area contributed by atoms with E-state index in [-0.39, 0.29) is 6.42 Å². The van der Waals surface area contributed by atoms with Crippen molar-refractivity contribution >= 4 is 5.82 Å². The smallest absolute Gasteiger partial charge is 0.239 e. The molecule has 1 atom stereocenters. The Labute approximate surface area is 155 Å². The van der Waals surface area contributed by atoms with Crippen LogP contribution in [0.1, 0.15) is 49.8 Å². The second-order valence-corrected chi connectivity index (χ2v) is 7.51. The second-order valence-electron chi connectivity index (χ2n) is 7.51. The molecule has 0 radical (unpaired) electrons. The Kier molecular flexibility index (Phi) is 7.62. The maximum absolute atomic E-state index is 12.6. The summed E-state index contributed by atoms with van der Waals surface area (Å²) in [5, 5.41) is 6.73. The molecule has 26 heavy (non-hydrogen) atoms. The lowest BCUT2D eigenvalue weighted by Gasteiger charge is -2.28. The van der Waals surface area contributed by atoms with Gasteiger partial charge >= 0.3 is 0 Å². The lowest BCUT2D eigenvalue weighted by molar-refractivity contribution is 0.103. The van der Waals surface area contributed by atoms with Gasteiger partial charge in [0.25, 0.3) is 0 Å². The van der Waals surface area contributed by atoms with Crippen molar-refractivity contribution in [3.8, 4) is 0 Å². The van der Waals surface area contributed by atoms with Crippen LogP contribution >= 0.6 is 0 Å². The van der Waals surface area contributed by atoms with E-state index in [1.54, 1.807) is 0 Å². The van der Waals surface area contributed by atoms with Crippen LogP contribution in [0.2, 0.25) is 0 Å². The van der Waals surface area contributed by atoms with Gasteiger partial charge in [0, 0.05) is 37.8 Å². The Morgan fingerprint density at radius 3 is 2.88 bits per heavy atom. The summed E-state index contributed by atoms with van der Waals surface area (Å²) in [5.41, 5.74) is 2.49. The minimum absolute atomic E-state index is 0.0114. The molecule has 0 aromatic carbocycles. The second kappa shape index (κ2) is 10.2. The number of aryl methyl sites for hydroxylation is 2. The lowest BCUT2D eigenvalue weighted by atomic mass is 10.1. The van der Waals surface area contributed by atoms with Crippen LogP contribution in [0.25, 0.3) is 0 Å². The third-order valence-electron chi connectivity index (χ3n) is 5.52. The minimum atomic E-state index is -2.20. The number of unbranched alkanes of at least 4 members (excludes halogenated alkanes) is 2. The summed E-state index contributed by atoms with van der Waals surface area (Å²) in [6.45, 7) is 4.41. The van der Waals surface area contributed by atoms with Gasteiger partial charge in [0.1, 0.15) is 5.82 Å². The van der Waals surface area contributed by atoms with E-state index in [1.807, 2.05) is 0 Å². The number of alkyl halides is 2. The molecule has 2 aliphatic rings. The molecule has 2 N–H and O–H groups in total. The molecule has 146 valence electrons. The molecule has 0 spiro atoms. The number of pyridine rings is 1. The standard InChI is InChI=1S/C20H32F2N4/c21-19(22)10-14-26(18-9-12-23-15-18)13-3-1-2-6-17-8-7-16-5-4-11-24-20(16)25-17/h7-8,18-19,23H,1-6,9-15H2,(H,24,25)/t18-/m1/s1. The molecule has 0 saturated carbocycles. The van der Waals surface area contributed by atoms with Gasteiger partial charge in [-0.2, -0.15) is 0 Å². The number of rotatable bonds is 10. The molecule has 0 bridgehead atoms. The Balaban J connectivity index is 1.37. The maximum atomic E-state index is 12.6. The van der Waals surface area contributed by atoms with Crippen LogP contribution in [0.3, 0.4) is 0 Å². The molecule has 0 unspecified atom stereocenters. The van der Waals surface area contributed by atoms with Gasteiger partial charge in [0.2, 0.25) is 6.43 Å². The SMILES string of the molecule is FC(F)CCN(CCCCCc1ccc2c(n1)NCCC2)[C@@H]1CCNC1. The van der Waals surface area contributed by atoms with Crippen LogP contribution in [0.15, 0.2) is 12.1 Å². The first-order valence-corrected chi connectivity index (χ1v) is 10.2. The Morgan fingerprint density at radius 2 is 2.08 bits per heavy atom. The average Bonchev–Trinajstić information content (AvgIpc) is 3.18. The average molecular weight is 367 g/mol. The van der Waals surface area contributed by atoms with E-state index in [2.05, 4.69) is 27.7 Å². The van der Waals surface area contributed by atoms with Gasteiger partial charge in [-0.1, -0.05) is 12.5 Å². The molecule has 0 aliphatic carbocycles. The number of anilines is 1. The number of halogens is 2. The van der Waals surface area contributed by atoms with Crippen LogP contribution in [0.5, 0.6) is 0 Å². The summed E-state index contributed by atoms with van der Waals surface area (Å²) in [4.78, 5) is 7.02. The van der Waals surface area contributed by atoms with Gasteiger partial charge in [-0.15, -0.1) is 0 Å². The highest BCUT2D eigenvalue weighted by molar-refractivity contribution is 5.46. The molecule has 3 heterocycles. The molecule has 1 aromatic rings. The molecule has 6 heteroatoms. The molecular formula is C20H32F2N4. The Morgan fingerprint density at radius 1 is 1.15 bits per heavy atom. The maximum Gasteiger partial charge on any atom is 0.239 e. The van der Waals surface area contributed by atoms with E-state index in [0.29, 0.717) is 12.6 Å². The van der Waals surface area contributed by atoms with Crippen LogP contribution in [0.4, 0.5) is 14.6 Å². The number of hydrogen-bond donors (Lipinski definition) is 2. The van der Waals surface area contributed by atoms with Crippen LogP contribution < -0.4 is 10.6 Å². The van der Waals surface area contributed by atoms with E-state index >= 15 is 0 Å². The van der Waals surface area contributed by atoms with Crippen molar-refractivity contribution in [1.29, 1.82) is 0 Å². The Hall–Kier alpha value is -1.27. The molecule has 2 aliphatic heterocycles. The molecule has 1 fully saturated rings. The quantitative estimate of drug-likeness (QED) is 0.622. The number of hydrogen-bond acceptors (Lipinski definition) is 4. The fraction of sp³-hybridized carbons (Fsp3) is 0.750. The Bertz CT molecular complexity index is 547. The highest BCUT2D eigenvalue weighted by atomic mass is 19.3. The van der Waals surface area contributed by atoms with Crippen molar-refractivity contribution in [3.63, 3.8) is 0 Å². The zero-order valence-electron chi connectivity index (χ0n) is 15.7. The summed E-state index contributed by atoms with van der Waals surface area (Å²) in [6, 6.07) is 4.80. The third-order valence-corrected chi connectivity index (χ3v) is 5.52. The van der Waals surface area contributed by atoms with Crippen molar-refractivity contribution in [3.05, 3.63) is 23.4 Å². The summed E-state index contributed by atoms with van der Waals surface area (Å²) in [6.07, 6.45) is 5.48. The number of aromatic nitrogens is 1. The predicted molar refractivity (Wildman–Crippen MR) is 102 cm³/mol. The number of nitrogens with one attached hydrogen (secondary N) is 2. The van der Waals surface area contributed by atoms with Crippen LogP contribution in [-0.4, -0.2) is 55.1 Å². The van der Waals surface area contributed by atoms with Gasteiger partial charge in [-0.25, -0.2) is 13.8 Å². The number of fused-ring (bicyclic) bond motifs is 1. The topological polar surface area (TPSA) is 40.2 Å². The van der Waals surface area contributed by atoms with Gasteiger partial charge < -0.3 is 10.6 Å². The highest BCUT2D eigenvalue weighted by Crippen LogP contribution is 2.20. The molecule has 4 nitrogen and oxygen atoms in total. The van der Waals surface area contributed by atoms with E-state index in [4.69, 9.17) is 4.98 Å². The van der Waals surface area contributed by atoms with Crippen LogP contribution in [-0.2, 0) is 12.8 Å². The predicted octanol–water partition coefficient (Wildman–Crippen LogP) is 3.47. The fourth-order valence-electron chi connectivity index (χ4n) is 4.00. The number of nitrogens with zero attached hydrogens (tertiary/aromatic N) is 2. The van der Waals surface area contributed by atoms with E-state index in [9.17, 15) is 8.78 Å². The summed E-state index contributed by atoms with van der Waals surface area (Å²) in [5.74, 6) is 1.07. The first kappa shape index (κ1) is 19.5. The third kappa shape index (κ3) is 5.88. The van der Waals surface area contributed by atoms with Gasteiger partial charge in [0.15, 0.2) is 0 Å². The van der Waals surface area contributed by atoms with Crippen molar-refractivity contribution in [2.45, 2.75) is 63.8 Å². The lowest BCUT2D eigenvalue weighted by Crippen LogP contribution is -2.38. The van der Waals surface area contributed by atoms with Gasteiger partial charge in [-0.05, 0) is 63.2 Å². The van der Waals surface area contributed by atoms with E-state index in [0.717, 1.165) is 76.2 Å². The molecule has 0 amide bonds. The molecule has 3 rings (SSSR count). The summed E-state index contributed by atoms with van der Waals surface area (Å²) in [7, 11) is 0. The summed E-state index contributed by atoms with van der Waals surface area (Å²) < 4.78 is 25.2. The van der Waals surface area contributed by atoms with Crippen molar-refractivity contribution in [2.75, 3.05) is 38.0 Å². The van der Waals surface area contributed by atoms with Crippen molar-refractivity contribution in [2.24, 2.45) is 0 Å². The van der Waals surface area contributed by atoms with Gasteiger partial charge in [-0.3, -0.25) is 4.90 Å². The first-order valence-electron chi connectivity index (χ1n) is 10.2. The zero-order chi connectivity index (χ0) is 18.2.